The van der Waals surface area contributed by atoms with Crippen molar-refractivity contribution in [2.24, 2.45) is 0 Å². The molecule has 0 bridgehead atoms. The van der Waals surface area contributed by atoms with Crippen molar-refractivity contribution in [1.29, 1.82) is 0 Å². The second kappa shape index (κ2) is 8.68. The van der Waals surface area contributed by atoms with Crippen LogP contribution < -0.4 is 15.4 Å². The average molecular weight is 372 g/mol. The number of fused-ring (bicyclic) bond motifs is 1. The Morgan fingerprint density at radius 1 is 1.19 bits per heavy atom. The lowest BCUT2D eigenvalue weighted by atomic mass is 10.1. The van der Waals surface area contributed by atoms with E-state index in [1.807, 2.05) is 16.7 Å². The van der Waals surface area contributed by atoms with E-state index in [9.17, 15) is 9.59 Å². The Balaban J connectivity index is 1.86. The zero-order valence-corrected chi connectivity index (χ0v) is 15.6. The lowest BCUT2D eigenvalue weighted by molar-refractivity contribution is 0.0931. The number of nitrogens with zero attached hydrogens (tertiary/aromatic N) is 2. The quantitative estimate of drug-likeness (QED) is 0.724. The van der Waals surface area contributed by atoms with Crippen LogP contribution >= 0.6 is 0 Å². The molecule has 0 spiro atoms. The number of hydrogen-bond acceptors (Lipinski definition) is 5. The first-order valence-electron chi connectivity index (χ1n) is 8.96. The summed E-state index contributed by atoms with van der Waals surface area (Å²) in [5.41, 5.74) is 1.68. The van der Waals surface area contributed by atoms with Gasteiger partial charge in [0.15, 0.2) is 5.82 Å². The van der Waals surface area contributed by atoms with Crippen LogP contribution in [0.1, 0.15) is 39.6 Å². The Hall–Kier alpha value is -2.87. The maximum absolute atomic E-state index is 12.8. The van der Waals surface area contributed by atoms with Crippen LogP contribution in [0.4, 0.5) is 5.69 Å². The third-order valence-electron chi connectivity index (χ3n) is 4.48. The third-order valence-corrected chi connectivity index (χ3v) is 4.48. The largest absolute Gasteiger partial charge is 0.495 e. The van der Waals surface area contributed by atoms with E-state index in [-0.39, 0.29) is 17.6 Å². The van der Waals surface area contributed by atoms with Gasteiger partial charge in [-0.1, -0.05) is 12.1 Å². The van der Waals surface area contributed by atoms with E-state index in [4.69, 9.17) is 9.47 Å². The molecule has 2 N–H and O–H groups in total. The van der Waals surface area contributed by atoms with Crippen molar-refractivity contribution >= 4 is 17.5 Å². The van der Waals surface area contributed by atoms with Crippen molar-refractivity contribution in [3.63, 3.8) is 0 Å². The first-order chi connectivity index (χ1) is 13.2. The van der Waals surface area contributed by atoms with E-state index in [0.717, 1.165) is 25.0 Å². The van der Waals surface area contributed by atoms with Crippen LogP contribution in [-0.2, 0) is 17.7 Å². The molecule has 27 heavy (non-hydrogen) atoms. The molecule has 0 aliphatic carbocycles. The fourth-order valence-electron chi connectivity index (χ4n) is 3.17. The number of rotatable bonds is 7. The van der Waals surface area contributed by atoms with E-state index in [1.54, 1.807) is 26.4 Å². The van der Waals surface area contributed by atoms with Crippen molar-refractivity contribution < 1.29 is 19.1 Å². The van der Waals surface area contributed by atoms with E-state index in [2.05, 4.69) is 15.6 Å². The van der Waals surface area contributed by atoms with Gasteiger partial charge in [0.1, 0.15) is 11.4 Å². The summed E-state index contributed by atoms with van der Waals surface area (Å²) in [5, 5.41) is 5.61. The predicted molar refractivity (Wildman–Crippen MR) is 100 cm³/mol. The normalized spacial score (nSPS) is 13.0. The molecule has 1 aromatic carbocycles. The van der Waals surface area contributed by atoms with Gasteiger partial charge in [-0.2, -0.15) is 0 Å². The topological polar surface area (TPSA) is 94.5 Å². The van der Waals surface area contributed by atoms with E-state index < -0.39 is 0 Å². The fraction of sp³-hybridized carbons (Fsp3) is 0.421. The van der Waals surface area contributed by atoms with Crippen LogP contribution in [0, 0.1) is 0 Å². The summed E-state index contributed by atoms with van der Waals surface area (Å²) in [6, 6.07) is 7.17. The smallest absolute Gasteiger partial charge is 0.291 e. The minimum absolute atomic E-state index is 0.243. The highest BCUT2D eigenvalue weighted by Gasteiger charge is 2.27. The van der Waals surface area contributed by atoms with Crippen molar-refractivity contribution in [3.8, 4) is 5.75 Å². The van der Waals surface area contributed by atoms with Crippen molar-refractivity contribution in [3.05, 3.63) is 41.5 Å². The highest BCUT2D eigenvalue weighted by atomic mass is 16.5. The summed E-state index contributed by atoms with van der Waals surface area (Å²) in [5.74, 6) is 0.161. The Morgan fingerprint density at radius 3 is 2.78 bits per heavy atom. The van der Waals surface area contributed by atoms with Gasteiger partial charge in [-0.3, -0.25) is 9.59 Å². The van der Waals surface area contributed by atoms with Gasteiger partial charge in [0.25, 0.3) is 11.8 Å². The number of aromatic nitrogens is 2. The molecule has 8 nitrogen and oxygen atoms in total. The molecule has 2 amide bonds. The summed E-state index contributed by atoms with van der Waals surface area (Å²) >= 11 is 0. The summed E-state index contributed by atoms with van der Waals surface area (Å²) in [6.45, 7) is 1.48. The lowest BCUT2D eigenvalue weighted by Gasteiger charge is -2.17. The van der Waals surface area contributed by atoms with Gasteiger partial charge in [0.05, 0.1) is 25.1 Å². The Kier molecular flexibility index (Phi) is 6.08. The molecule has 1 aliphatic heterocycles. The average Bonchev–Trinajstić information content (AvgIpc) is 3.08. The van der Waals surface area contributed by atoms with Crippen LogP contribution in [0.5, 0.6) is 5.75 Å². The van der Waals surface area contributed by atoms with Gasteiger partial charge in [-0.15, -0.1) is 0 Å². The molecular formula is C19H24N4O4. The number of carbonyl (C=O) groups is 2. The first-order valence-corrected chi connectivity index (χ1v) is 8.96. The maximum Gasteiger partial charge on any atom is 0.291 e. The van der Waals surface area contributed by atoms with Crippen molar-refractivity contribution in [2.75, 3.05) is 32.7 Å². The molecular weight excluding hydrogens is 348 g/mol. The number of benzene rings is 1. The highest BCUT2D eigenvalue weighted by Crippen LogP contribution is 2.25. The number of carbonyl (C=O) groups excluding carboxylic acids is 2. The molecule has 0 saturated heterocycles. The highest BCUT2D eigenvalue weighted by molar-refractivity contribution is 6.04. The number of nitrogens with one attached hydrogen (secondary N) is 2. The SMILES string of the molecule is COCCNC(=O)c1nc(C(=O)Nc2ccccc2OC)n2c1CCCC2. The number of hydrogen-bond donors (Lipinski definition) is 2. The van der Waals surface area contributed by atoms with Gasteiger partial charge in [-0.25, -0.2) is 4.98 Å². The van der Waals surface area contributed by atoms with Gasteiger partial charge >= 0.3 is 0 Å². The summed E-state index contributed by atoms with van der Waals surface area (Å²) in [7, 11) is 3.12. The van der Waals surface area contributed by atoms with Crippen LogP contribution in [0.15, 0.2) is 24.3 Å². The summed E-state index contributed by atoms with van der Waals surface area (Å²) in [4.78, 5) is 29.7. The molecule has 0 fully saturated rings. The van der Waals surface area contributed by atoms with Gasteiger partial charge < -0.3 is 24.7 Å². The minimum Gasteiger partial charge on any atom is -0.495 e. The van der Waals surface area contributed by atoms with Crippen molar-refractivity contribution in [1.82, 2.24) is 14.9 Å². The summed E-state index contributed by atoms with van der Waals surface area (Å²) in [6.07, 6.45) is 2.64. The standard InChI is InChI=1S/C19H24N4O4/c1-26-12-10-20-18(24)16-14-8-5-6-11-23(14)17(22-16)19(25)21-13-7-3-4-9-15(13)27-2/h3-4,7,9H,5-6,8,10-12H2,1-2H3,(H,20,24)(H,21,25). The Morgan fingerprint density at radius 2 is 2.00 bits per heavy atom. The van der Waals surface area contributed by atoms with Crippen molar-refractivity contribution in [2.45, 2.75) is 25.8 Å². The molecule has 2 aromatic rings. The molecule has 1 aliphatic rings. The molecule has 0 saturated carbocycles. The second-order valence-electron chi connectivity index (χ2n) is 6.24. The number of imidazole rings is 1. The Bertz CT molecular complexity index is 831. The number of anilines is 1. The zero-order chi connectivity index (χ0) is 19.2. The Labute approximate surface area is 157 Å². The third kappa shape index (κ3) is 4.11. The molecule has 0 radical (unpaired) electrons. The molecule has 1 aromatic heterocycles. The van der Waals surface area contributed by atoms with Crippen LogP contribution in [-0.4, -0.2) is 48.7 Å². The predicted octanol–water partition coefficient (Wildman–Crippen LogP) is 1.86. The number of amides is 2. The van der Waals surface area contributed by atoms with Gasteiger partial charge in [0, 0.05) is 20.2 Å². The summed E-state index contributed by atoms with van der Waals surface area (Å²) < 4.78 is 12.1. The molecule has 2 heterocycles. The molecule has 3 rings (SSSR count). The van der Waals surface area contributed by atoms with E-state index in [0.29, 0.717) is 36.8 Å². The van der Waals surface area contributed by atoms with Crippen LogP contribution in [0.2, 0.25) is 0 Å². The number of para-hydroxylation sites is 2. The monoisotopic (exact) mass is 372 g/mol. The van der Waals surface area contributed by atoms with Gasteiger partial charge in [-0.05, 0) is 31.4 Å². The molecule has 0 unspecified atom stereocenters. The van der Waals surface area contributed by atoms with Crippen LogP contribution in [0.25, 0.3) is 0 Å². The van der Waals surface area contributed by atoms with Gasteiger partial charge in [0.2, 0.25) is 0 Å². The first kappa shape index (κ1) is 18.9. The maximum atomic E-state index is 12.8. The molecule has 8 heteroatoms. The molecule has 144 valence electrons. The molecule has 0 atom stereocenters. The van der Waals surface area contributed by atoms with E-state index in [1.165, 1.54) is 0 Å². The van der Waals surface area contributed by atoms with Crippen LogP contribution in [0.3, 0.4) is 0 Å². The number of methoxy groups -OCH3 is 2. The fourth-order valence-corrected chi connectivity index (χ4v) is 3.17. The zero-order valence-electron chi connectivity index (χ0n) is 15.6. The minimum atomic E-state index is -0.362. The van der Waals surface area contributed by atoms with E-state index >= 15 is 0 Å². The number of ether oxygens (including phenoxy) is 2. The lowest BCUT2D eigenvalue weighted by Crippen LogP contribution is -2.28. The second-order valence-corrected chi connectivity index (χ2v) is 6.24.